The summed E-state index contributed by atoms with van der Waals surface area (Å²) in [6.45, 7) is 1.16. The Labute approximate surface area is 296 Å². The van der Waals surface area contributed by atoms with Crippen molar-refractivity contribution < 1.29 is 19.2 Å². The van der Waals surface area contributed by atoms with Crippen molar-refractivity contribution in [1.29, 1.82) is 0 Å². The van der Waals surface area contributed by atoms with Crippen molar-refractivity contribution in [2.45, 2.75) is 50.6 Å². The van der Waals surface area contributed by atoms with E-state index in [9.17, 15) is 19.2 Å². The van der Waals surface area contributed by atoms with Crippen LogP contribution in [-0.4, -0.2) is 68.8 Å². The maximum Gasteiger partial charge on any atom is 0.247 e. The smallest absolute Gasteiger partial charge is 0.247 e. The number of aromatic amines is 1. The van der Waals surface area contributed by atoms with Gasteiger partial charge in [0, 0.05) is 30.0 Å². The SMILES string of the molecule is O=C(Nc1ccc(-c2cc(-c3ccc(NC(=O)[C@@H]4CCCN4C(=O)Cc4ccccc4)cc3)[nH]n2)cc1)[C@@H]1CCCN1C(=O)Cc1ccccc1. The Morgan fingerprint density at radius 1 is 0.608 bits per heavy atom. The van der Waals surface area contributed by atoms with Crippen molar-refractivity contribution in [2.24, 2.45) is 0 Å². The van der Waals surface area contributed by atoms with E-state index in [0.717, 1.165) is 46.5 Å². The molecular formula is C41H40N6O4. The van der Waals surface area contributed by atoms with Gasteiger partial charge in [-0.05, 0) is 72.7 Å². The number of hydrogen-bond donors (Lipinski definition) is 3. The molecule has 4 aromatic carbocycles. The lowest BCUT2D eigenvalue weighted by Gasteiger charge is -2.24. The van der Waals surface area contributed by atoms with Crippen LogP contribution in [0.2, 0.25) is 0 Å². The molecule has 2 atom stereocenters. The number of H-pyrrole nitrogens is 1. The van der Waals surface area contributed by atoms with Crippen LogP contribution in [0.4, 0.5) is 11.4 Å². The summed E-state index contributed by atoms with van der Waals surface area (Å²) in [4.78, 5) is 55.7. The van der Waals surface area contributed by atoms with Gasteiger partial charge in [-0.3, -0.25) is 24.3 Å². The molecule has 10 nitrogen and oxygen atoms in total. The molecule has 0 saturated carbocycles. The van der Waals surface area contributed by atoms with Gasteiger partial charge < -0.3 is 20.4 Å². The summed E-state index contributed by atoms with van der Waals surface area (Å²) in [6.07, 6.45) is 3.45. The number of hydrogen-bond acceptors (Lipinski definition) is 5. The molecule has 2 fully saturated rings. The average molecular weight is 681 g/mol. The largest absolute Gasteiger partial charge is 0.330 e. The quantitative estimate of drug-likeness (QED) is 0.165. The summed E-state index contributed by atoms with van der Waals surface area (Å²) in [7, 11) is 0. The highest BCUT2D eigenvalue weighted by molar-refractivity contribution is 5.99. The molecule has 0 radical (unpaired) electrons. The molecular weight excluding hydrogens is 640 g/mol. The van der Waals surface area contributed by atoms with Gasteiger partial charge in [-0.25, -0.2) is 0 Å². The Morgan fingerprint density at radius 3 is 1.53 bits per heavy atom. The zero-order valence-corrected chi connectivity index (χ0v) is 28.3. The second-order valence-electron chi connectivity index (χ2n) is 13.1. The zero-order chi connectivity index (χ0) is 35.2. The topological polar surface area (TPSA) is 128 Å². The number of anilines is 2. The predicted octanol–water partition coefficient (Wildman–Crippen LogP) is 6.09. The van der Waals surface area contributed by atoms with Crippen molar-refractivity contribution >= 4 is 35.0 Å². The molecule has 3 N–H and O–H groups in total. The monoisotopic (exact) mass is 680 g/mol. The third-order valence-corrected chi connectivity index (χ3v) is 9.64. The van der Waals surface area contributed by atoms with E-state index in [1.807, 2.05) is 115 Å². The summed E-state index contributed by atoms with van der Waals surface area (Å²) in [5.74, 6) is -0.430. The number of carbonyl (C=O) groups excluding carboxylic acids is 4. The Balaban J connectivity index is 0.927. The highest BCUT2D eigenvalue weighted by Gasteiger charge is 2.35. The molecule has 258 valence electrons. The molecule has 0 bridgehead atoms. The first-order chi connectivity index (χ1) is 24.9. The van der Waals surface area contributed by atoms with E-state index in [-0.39, 0.29) is 36.5 Å². The second kappa shape index (κ2) is 15.2. The van der Waals surface area contributed by atoms with Crippen LogP contribution in [0.5, 0.6) is 0 Å². The molecule has 0 spiro atoms. The lowest BCUT2D eigenvalue weighted by Crippen LogP contribution is -2.43. The molecule has 0 unspecified atom stereocenters. The van der Waals surface area contributed by atoms with Crippen LogP contribution in [0.1, 0.15) is 36.8 Å². The molecule has 2 aliphatic rings. The zero-order valence-electron chi connectivity index (χ0n) is 28.3. The van der Waals surface area contributed by atoms with E-state index in [1.165, 1.54) is 0 Å². The molecule has 10 heteroatoms. The van der Waals surface area contributed by atoms with Crippen molar-refractivity contribution in [2.75, 3.05) is 23.7 Å². The van der Waals surface area contributed by atoms with Crippen molar-refractivity contribution in [1.82, 2.24) is 20.0 Å². The summed E-state index contributed by atoms with van der Waals surface area (Å²) >= 11 is 0. The van der Waals surface area contributed by atoms with Crippen molar-refractivity contribution in [3.8, 4) is 22.5 Å². The third kappa shape index (κ3) is 7.91. The second-order valence-corrected chi connectivity index (χ2v) is 13.1. The van der Waals surface area contributed by atoms with Crippen LogP contribution in [0.3, 0.4) is 0 Å². The molecule has 2 saturated heterocycles. The van der Waals surface area contributed by atoms with Gasteiger partial charge in [0.1, 0.15) is 12.1 Å². The fraction of sp³-hybridized carbons (Fsp3) is 0.244. The van der Waals surface area contributed by atoms with Crippen molar-refractivity contribution in [3.63, 3.8) is 0 Å². The average Bonchev–Trinajstić information content (AvgIpc) is 3.95. The minimum absolute atomic E-state index is 0.0353. The van der Waals surface area contributed by atoms with Crippen molar-refractivity contribution in [3.05, 3.63) is 126 Å². The van der Waals surface area contributed by atoms with E-state index in [2.05, 4.69) is 20.8 Å². The van der Waals surface area contributed by atoms with E-state index in [0.29, 0.717) is 37.3 Å². The Hall–Kier alpha value is -6.03. The summed E-state index contributed by atoms with van der Waals surface area (Å²) in [6, 6.07) is 35.2. The number of likely N-dealkylation sites (tertiary alicyclic amines) is 2. The first-order valence-electron chi connectivity index (χ1n) is 17.5. The highest BCUT2D eigenvalue weighted by Crippen LogP contribution is 2.28. The van der Waals surface area contributed by atoms with Crippen LogP contribution in [0.25, 0.3) is 22.5 Å². The Kier molecular flexibility index (Phi) is 10.0. The fourth-order valence-electron chi connectivity index (χ4n) is 6.95. The number of nitrogens with zero attached hydrogens (tertiary/aromatic N) is 3. The number of nitrogens with one attached hydrogen (secondary N) is 3. The van der Waals surface area contributed by atoms with Crippen LogP contribution in [-0.2, 0) is 32.0 Å². The van der Waals surface area contributed by atoms with E-state index >= 15 is 0 Å². The van der Waals surface area contributed by atoms with E-state index < -0.39 is 12.1 Å². The highest BCUT2D eigenvalue weighted by atomic mass is 16.2. The van der Waals surface area contributed by atoms with Crippen LogP contribution >= 0.6 is 0 Å². The number of rotatable bonds is 10. The molecule has 7 rings (SSSR count). The molecule has 4 amide bonds. The predicted molar refractivity (Wildman–Crippen MR) is 196 cm³/mol. The number of aromatic nitrogens is 2. The van der Waals surface area contributed by atoms with Gasteiger partial charge in [0.05, 0.1) is 24.2 Å². The lowest BCUT2D eigenvalue weighted by atomic mass is 10.1. The van der Waals surface area contributed by atoms with Gasteiger partial charge in [0.2, 0.25) is 23.6 Å². The van der Waals surface area contributed by atoms with Gasteiger partial charge in [-0.1, -0.05) is 84.9 Å². The van der Waals surface area contributed by atoms with Crippen LogP contribution in [0, 0.1) is 0 Å². The van der Waals surface area contributed by atoms with Gasteiger partial charge >= 0.3 is 0 Å². The Morgan fingerprint density at radius 2 is 1.06 bits per heavy atom. The minimum Gasteiger partial charge on any atom is -0.330 e. The van der Waals surface area contributed by atoms with Crippen LogP contribution in [0.15, 0.2) is 115 Å². The number of amides is 4. The van der Waals surface area contributed by atoms with Gasteiger partial charge in [0.15, 0.2) is 0 Å². The molecule has 2 aliphatic heterocycles. The minimum atomic E-state index is -0.485. The van der Waals surface area contributed by atoms with Gasteiger partial charge in [0.25, 0.3) is 0 Å². The molecule has 5 aromatic rings. The molecule has 0 aliphatic carbocycles. The normalized spacial score (nSPS) is 16.9. The summed E-state index contributed by atoms with van der Waals surface area (Å²) in [5, 5.41) is 13.6. The third-order valence-electron chi connectivity index (χ3n) is 9.64. The lowest BCUT2D eigenvalue weighted by molar-refractivity contribution is -0.136. The maximum absolute atomic E-state index is 13.2. The summed E-state index contributed by atoms with van der Waals surface area (Å²) < 4.78 is 0. The maximum atomic E-state index is 13.2. The summed E-state index contributed by atoms with van der Waals surface area (Å²) in [5.41, 5.74) is 6.53. The molecule has 1 aromatic heterocycles. The first-order valence-corrected chi connectivity index (χ1v) is 17.5. The van der Waals surface area contributed by atoms with E-state index in [1.54, 1.807) is 9.80 Å². The standard InChI is InChI=1S/C41H40N6O4/c48-38(25-28-9-3-1-4-10-28)46-23-7-13-36(46)40(50)42-32-19-15-30(16-20-32)34-27-35(45-44-34)31-17-21-33(22-18-31)43-41(51)37-14-8-24-47(37)39(49)26-29-11-5-2-6-12-29/h1-6,9-12,15-22,27,36-37H,7-8,13-14,23-26H2,(H,42,50)(H,43,51)(H,44,45)/t36-,37-/m0/s1. The van der Waals surface area contributed by atoms with Gasteiger partial charge in [-0.2, -0.15) is 5.10 Å². The Bertz CT molecular complexity index is 1850. The van der Waals surface area contributed by atoms with E-state index in [4.69, 9.17) is 0 Å². The first kappa shape index (κ1) is 33.5. The molecule has 3 heterocycles. The fourth-order valence-corrected chi connectivity index (χ4v) is 6.95. The van der Waals surface area contributed by atoms with Crippen LogP contribution < -0.4 is 10.6 Å². The number of benzene rings is 4. The molecule has 51 heavy (non-hydrogen) atoms. The number of carbonyl (C=O) groups is 4. The van der Waals surface area contributed by atoms with Gasteiger partial charge in [-0.15, -0.1) is 0 Å².